The topological polar surface area (TPSA) is 29.5 Å². The van der Waals surface area contributed by atoms with Crippen LogP contribution >= 0.6 is 11.6 Å². The summed E-state index contributed by atoms with van der Waals surface area (Å²) < 4.78 is 4.57. The van der Waals surface area contributed by atoms with Gasteiger partial charge in [0.2, 0.25) is 0 Å². The van der Waals surface area contributed by atoms with Gasteiger partial charge >= 0.3 is 6.09 Å². The van der Waals surface area contributed by atoms with Crippen molar-refractivity contribution in [2.45, 2.75) is 18.2 Å². The van der Waals surface area contributed by atoms with Crippen LogP contribution in [0, 0.1) is 0 Å². The van der Waals surface area contributed by atoms with Crippen molar-refractivity contribution >= 4 is 17.7 Å². The van der Waals surface area contributed by atoms with E-state index in [1.807, 2.05) is 0 Å². The summed E-state index contributed by atoms with van der Waals surface area (Å²) in [6.45, 7) is 1.39. The second kappa shape index (κ2) is 3.81. The first-order chi connectivity index (χ1) is 5.24. The molecule has 1 aliphatic rings. The van der Waals surface area contributed by atoms with Gasteiger partial charge in [0.05, 0.1) is 12.5 Å². The van der Waals surface area contributed by atoms with Crippen LogP contribution in [-0.2, 0) is 4.74 Å². The van der Waals surface area contributed by atoms with Crippen molar-refractivity contribution in [2.75, 3.05) is 20.2 Å². The van der Waals surface area contributed by atoms with Crippen LogP contribution in [0.5, 0.6) is 0 Å². The van der Waals surface area contributed by atoms with Gasteiger partial charge in [-0.25, -0.2) is 4.79 Å². The van der Waals surface area contributed by atoms with Gasteiger partial charge in [0, 0.05) is 13.1 Å². The largest absolute Gasteiger partial charge is 0.453 e. The van der Waals surface area contributed by atoms with E-state index in [9.17, 15) is 4.79 Å². The van der Waals surface area contributed by atoms with Gasteiger partial charge in [0.1, 0.15) is 0 Å². The van der Waals surface area contributed by atoms with Gasteiger partial charge in [-0.15, -0.1) is 11.6 Å². The Bertz CT molecular complexity index is 151. The molecule has 1 atom stereocenters. The number of ether oxygens (including phenoxy) is 1. The predicted molar refractivity (Wildman–Crippen MR) is 42.9 cm³/mol. The zero-order valence-electron chi connectivity index (χ0n) is 6.55. The summed E-state index contributed by atoms with van der Waals surface area (Å²) >= 11 is 5.86. The van der Waals surface area contributed by atoms with Crippen LogP contribution in [0.1, 0.15) is 12.8 Å². The van der Waals surface area contributed by atoms with Gasteiger partial charge in [-0.3, -0.25) is 0 Å². The molecule has 1 saturated heterocycles. The zero-order valence-corrected chi connectivity index (χ0v) is 7.30. The first kappa shape index (κ1) is 8.65. The van der Waals surface area contributed by atoms with Crippen molar-refractivity contribution in [3.63, 3.8) is 0 Å². The third-order valence-corrected chi connectivity index (χ3v) is 2.15. The molecule has 1 amide bonds. The molecule has 4 heteroatoms. The molecule has 0 saturated carbocycles. The molecule has 1 aliphatic heterocycles. The summed E-state index contributed by atoms with van der Waals surface area (Å²) in [4.78, 5) is 12.6. The molecular formula is C7H12ClNO2. The molecule has 1 heterocycles. The van der Waals surface area contributed by atoms with Crippen molar-refractivity contribution in [1.29, 1.82) is 0 Å². The molecule has 0 aliphatic carbocycles. The van der Waals surface area contributed by atoms with Crippen LogP contribution in [0.3, 0.4) is 0 Å². The number of alkyl halides is 1. The maximum Gasteiger partial charge on any atom is 0.409 e. The van der Waals surface area contributed by atoms with Crippen LogP contribution in [0.2, 0.25) is 0 Å². The van der Waals surface area contributed by atoms with E-state index in [4.69, 9.17) is 11.6 Å². The monoisotopic (exact) mass is 177 g/mol. The Balaban J connectivity index is 2.39. The minimum absolute atomic E-state index is 0.0999. The summed E-state index contributed by atoms with van der Waals surface area (Å²) in [5, 5.41) is 0.0999. The molecule has 0 aromatic rings. The highest BCUT2D eigenvalue weighted by molar-refractivity contribution is 6.20. The number of hydrogen-bond donors (Lipinski definition) is 0. The Kier molecular flexibility index (Phi) is 3.00. The van der Waals surface area contributed by atoms with E-state index < -0.39 is 0 Å². The normalized spacial score (nSPS) is 24.9. The van der Waals surface area contributed by atoms with Crippen LogP contribution in [0.4, 0.5) is 4.79 Å². The minimum atomic E-state index is -0.268. The fourth-order valence-corrected chi connectivity index (χ4v) is 1.54. The van der Waals surface area contributed by atoms with Crippen LogP contribution in [-0.4, -0.2) is 36.6 Å². The van der Waals surface area contributed by atoms with Crippen molar-refractivity contribution in [1.82, 2.24) is 4.90 Å². The summed E-state index contributed by atoms with van der Waals surface area (Å²) in [5.74, 6) is 0. The number of carbonyl (C=O) groups is 1. The molecule has 0 spiro atoms. The van der Waals surface area contributed by atoms with E-state index in [0.29, 0.717) is 6.54 Å². The Morgan fingerprint density at radius 2 is 2.45 bits per heavy atom. The minimum Gasteiger partial charge on any atom is -0.453 e. The average Bonchev–Trinajstić information content (AvgIpc) is 2.03. The molecule has 0 aromatic carbocycles. The number of rotatable bonds is 0. The van der Waals surface area contributed by atoms with E-state index in [1.54, 1.807) is 4.90 Å². The Labute approximate surface area is 71.3 Å². The Hall–Kier alpha value is -0.440. The van der Waals surface area contributed by atoms with E-state index >= 15 is 0 Å². The SMILES string of the molecule is COC(=O)N1CCCC(Cl)C1. The molecule has 1 fully saturated rings. The lowest BCUT2D eigenvalue weighted by molar-refractivity contribution is 0.116. The molecule has 1 unspecified atom stereocenters. The second-order valence-corrected chi connectivity index (χ2v) is 3.27. The highest BCUT2D eigenvalue weighted by Crippen LogP contribution is 2.15. The molecule has 0 aromatic heterocycles. The van der Waals surface area contributed by atoms with Gasteiger partial charge in [-0.1, -0.05) is 0 Å². The Morgan fingerprint density at radius 3 is 3.00 bits per heavy atom. The predicted octanol–water partition coefficient (Wildman–Crippen LogP) is 1.46. The molecule has 64 valence electrons. The first-order valence-corrected chi connectivity index (χ1v) is 4.14. The first-order valence-electron chi connectivity index (χ1n) is 3.71. The fourth-order valence-electron chi connectivity index (χ4n) is 1.22. The summed E-state index contributed by atoms with van der Waals surface area (Å²) in [6.07, 6.45) is 1.70. The van der Waals surface area contributed by atoms with E-state index in [2.05, 4.69) is 4.74 Å². The van der Waals surface area contributed by atoms with Gasteiger partial charge in [0.15, 0.2) is 0 Å². The number of methoxy groups -OCH3 is 1. The molecule has 1 rings (SSSR count). The summed E-state index contributed by atoms with van der Waals surface area (Å²) in [5.41, 5.74) is 0. The van der Waals surface area contributed by atoms with Crippen LogP contribution in [0.25, 0.3) is 0 Å². The average molecular weight is 178 g/mol. The lowest BCUT2D eigenvalue weighted by Crippen LogP contribution is -2.40. The number of nitrogens with zero attached hydrogens (tertiary/aromatic N) is 1. The van der Waals surface area contributed by atoms with Crippen molar-refractivity contribution < 1.29 is 9.53 Å². The number of halogens is 1. The van der Waals surface area contributed by atoms with E-state index in [-0.39, 0.29) is 11.5 Å². The standard InChI is InChI=1S/C7H12ClNO2/c1-11-7(10)9-4-2-3-6(8)5-9/h6H,2-5H2,1H3. The Morgan fingerprint density at radius 1 is 1.73 bits per heavy atom. The van der Waals surface area contributed by atoms with Gasteiger partial charge in [-0.2, -0.15) is 0 Å². The number of hydrogen-bond acceptors (Lipinski definition) is 2. The van der Waals surface area contributed by atoms with Crippen molar-refractivity contribution in [3.05, 3.63) is 0 Å². The van der Waals surface area contributed by atoms with E-state index in [1.165, 1.54) is 7.11 Å². The van der Waals surface area contributed by atoms with Crippen LogP contribution < -0.4 is 0 Å². The van der Waals surface area contributed by atoms with Gasteiger partial charge in [-0.05, 0) is 12.8 Å². The molecule has 0 N–H and O–H groups in total. The highest BCUT2D eigenvalue weighted by atomic mass is 35.5. The van der Waals surface area contributed by atoms with Gasteiger partial charge < -0.3 is 9.64 Å². The molecule has 0 radical (unpaired) electrons. The van der Waals surface area contributed by atoms with E-state index in [0.717, 1.165) is 19.4 Å². The second-order valence-electron chi connectivity index (χ2n) is 2.66. The molecule has 11 heavy (non-hydrogen) atoms. The zero-order chi connectivity index (χ0) is 8.27. The molecular weight excluding hydrogens is 166 g/mol. The third kappa shape index (κ3) is 2.26. The third-order valence-electron chi connectivity index (χ3n) is 1.80. The maximum atomic E-state index is 11.0. The lowest BCUT2D eigenvalue weighted by atomic mass is 10.1. The quantitative estimate of drug-likeness (QED) is 0.525. The number of likely N-dealkylation sites (tertiary alicyclic amines) is 1. The number of amides is 1. The molecule has 0 bridgehead atoms. The van der Waals surface area contributed by atoms with Crippen molar-refractivity contribution in [3.8, 4) is 0 Å². The number of piperidine rings is 1. The highest BCUT2D eigenvalue weighted by Gasteiger charge is 2.21. The summed E-state index contributed by atoms with van der Waals surface area (Å²) in [7, 11) is 1.39. The smallest absolute Gasteiger partial charge is 0.409 e. The lowest BCUT2D eigenvalue weighted by Gasteiger charge is -2.28. The van der Waals surface area contributed by atoms with Crippen molar-refractivity contribution in [2.24, 2.45) is 0 Å². The number of carbonyl (C=O) groups excluding carboxylic acids is 1. The molecule has 3 nitrogen and oxygen atoms in total. The summed E-state index contributed by atoms with van der Waals surface area (Å²) in [6, 6.07) is 0. The fraction of sp³-hybridized carbons (Fsp3) is 0.857. The van der Waals surface area contributed by atoms with Gasteiger partial charge in [0.25, 0.3) is 0 Å². The van der Waals surface area contributed by atoms with Crippen LogP contribution in [0.15, 0.2) is 0 Å². The maximum absolute atomic E-state index is 11.0.